The summed E-state index contributed by atoms with van der Waals surface area (Å²) in [4.78, 5) is 14.3. The van der Waals surface area contributed by atoms with Crippen LogP contribution in [0, 0.1) is 0 Å². The summed E-state index contributed by atoms with van der Waals surface area (Å²) >= 11 is 12.1. The third-order valence-electron chi connectivity index (χ3n) is 4.99. The molecule has 2 N–H and O–H groups in total. The summed E-state index contributed by atoms with van der Waals surface area (Å²) in [6.45, 7) is 16.7. The van der Waals surface area contributed by atoms with Crippen LogP contribution >= 0.6 is 23.2 Å². The largest absolute Gasteiger partial charge is 0.398 e. The van der Waals surface area contributed by atoms with Gasteiger partial charge in [-0.05, 0) is 70.2 Å². The van der Waals surface area contributed by atoms with Crippen molar-refractivity contribution in [2.75, 3.05) is 5.73 Å². The summed E-state index contributed by atoms with van der Waals surface area (Å²) in [5.41, 5.74) is 12.0. The highest BCUT2D eigenvalue weighted by atomic mass is 35.5. The fraction of sp³-hybridized carbons (Fsp3) is 0.480. The summed E-state index contributed by atoms with van der Waals surface area (Å²) < 4.78 is 0. The average molecular weight is 449 g/mol. The maximum Gasteiger partial charge on any atom is 0.240 e. The number of rotatable bonds is 5. The molecule has 2 rings (SSSR count). The molecule has 5 heteroatoms. The van der Waals surface area contributed by atoms with E-state index in [0.29, 0.717) is 16.9 Å². The standard InChI is InChI=1S/C13H16ClNO.C12H18ClN/c1-8(2)11-5-10(14)6-12(9(3)4)13(11)15-7-16;1-7(2)10-5-9(13)6-11(8(3)4)12(10)14/h5-6,8-9H,1-4H3;5-8H,14H2,1-4H3. The number of carbonyl (C=O) groups excluding carboxylic acids is 1. The second-order valence-electron chi connectivity index (χ2n) is 8.75. The number of isocyanates is 1. The molecule has 0 saturated heterocycles. The molecule has 0 bridgehead atoms. The smallest absolute Gasteiger partial charge is 0.240 e. The normalized spacial score (nSPS) is 11.0. The van der Waals surface area contributed by atoms with Crippen LogP contribution in [0.15, 0.2) is 29.3 Å². The predicted octanol–water partition coefficient (Wildman–Crippen LogP) is 8.72. The first kappa shape index (κ1) is 26.2. The zero-order valence-corrected chi connectivity index (χ0v) is 20.8. The van der Waals surface area contributed by atoms with Crippen LogP contribution in [0.4, 0.5) is 11.4 Å². The Morgan fingerprint density at radius 1 is 0.700 bits per heavy atom. The predicted molar refractivity (Wildman–Crippen MR) is 131 cm³/mol. The van der Waals surface area contributed by atoms with Crippen LogP contribution in [0.1, 0.15) is 101 Å². The van der Waals surface area contributed by atoms with Crippen molar-refractivity contribution in [3.63, 3.8) is 0 Å². The van der Waals surface area contributed by atoms with Crippen molar-refractivity contribution in [1.82, 2.24) is 0 Å². The second-order valence-corrected chi connectivity index (χ2v) is 9.63. The third kappa shape index (κ3) is 6.87. The third-order valence-corrected chi connectivity index (χ3v) is 5.42. The first-order valence-electron chi connectivity index (χ1n) is 10.4. The monoisotopic (exact) mass is 448 g/mol. The summed E-state index contributed by atoms with van der Waals surface area (Å²) in [6, 6.07) is 7.67. The Balaban J connectivity index is 0.000000303. The van der Waals surface area contributed by atoms with Crippen molar-refractivity contribution < 1.29 is 4.79 Å². The molecule has 0 heterocycles. The van der Waals surface area contributed by atoms with E-state index in [1.807, 2.05) is 24.3 Å². The van der Waals surface area contributed by atoms with E-state index in [-0.39, 0.29) is 11.8 Å². The number of hydrogen-bond donors (Lipinski definition) is 1. The Hall–Kier alpha value is -1.80. The molecule has 3 nitrogen and oxygen atoms in total. The zero-order valence-electron chi connectivity index (χ0n) is 19.3. The van der Waals surface area contributed by atoms with E-state index in [0.717, 1.165) is 38.7 Å². The number of nitrogen functional groups attached to an aromatic ring is 1. The molecule has 0 aliphatic rings. The van der Waals surface area contributed by atoms with Crippen molar-refractivity contribution >= 4 is 40.7 Å². The van der Waals surface area contributed by atoms with Crippen LogP contribution in [0.25, 0.3) is 0 Å². The van der Waals surface area contributed by atoms with Gasteiger partial charge in [0.15, 0.2) is 0 Å². The Kier molecular flexibility index (Phi) is 10.1. The fourth-order valence-corrected chi connectivity index (χ4v) is 3.78. The van der Waals surface area contributed by atoms with E-state index in [2.05, 4.69) is 60.4 Å². The first-order chi connectivity index (χ1) is 13.9. The maximum absolute atomic E-state index is 10.5. The molecule has 0 saturated carbocycles. The lowest BCUT2D eigenvalue weighted by atomic mass is 9.93. The Morgan fingerprint density at radius 2 is 1.00 bits per heavy atom. The molecular weight excluding hydrogens is 415 g/mol. The van der Waals surface area contributed by atoms with Gasteiger partial charge in [-0.25, -0.2) is 4.79 Å². The van der Waals surface area contributed by atoms with Gasteiger partial charge in [0.1, 0.15) is 0 Å². The summed E-state index contributed by atoms with van der Waals surface area (Å²) in [5.74, 6) is 1.41. The number of aliphatic imine (C=N–C) groups is 1. The van der Waals surface area contributed by atoms with E-state index < -0.39 is 0 Å². The SMILES string of the molecule is CC(C)c1cc(Cl)cc(C(C)C)c1N.CC(C)c1cc(Cl)cc(C(C)C)c1N=C=O. The Morgan fingerprint density at radius 3 is 1.27 bits per heavy atom. The minimum absolute atomic E-state index is 0.281. The summed E-state index contributed by atoms with van der Waals surface area (Å²) in [6.07, 6.45) is 1.63. The number of anilines is 1. The van der Waals surface area contributed by atoms with Crippen molar-refractivity contribution in [2.24, 2.45) is 4.99 Å². The van der Waals surface area contributed by atoms with Crippen molar-refractivity contribution in [3.05, 3.63) is 56.6 Å². The van der Waals surface area contributed by atoms with E-state index in [1.165, 1.54) is 0 Å². The van der Waals surface area contributed by atoms with Gasteiger partial charge in [-0.15, -0.1) is 0 Å². The molecule has 164 valence electrons. The molecule has 30 heavy (non-hydrogen) atoms. The topological polar surface area (TPSA) is 55.4 Å². The Bertz CT molecular complexity index is 853. The number of benzene rings is 2. The van der Waals surface area contributed by atoms with Crippen LogP contribution < -0.4 is 5.73 Å². The van der Waals surface area contributed by atoms with Gasteiger partial charge in [0.25, 0.3) is 0 Å². The highest BCUT2D eigenvalue weighted by Crippen LogP contribution is 2.37. The zero-order chi connectivity index (χ0) is 23.2. The van der Waals surface area contributed by atoms with Gasteiger partial charge in [-0.3, -0.25) is 0 Å². The Labute approximate surface area is 191 Å². The quantitative estimate of drug-likeness (QED) is 0.282. The molecule has 0 radical (unpaired) electrons. The van der Waals surface area contributed by atoms with Crippen LogP contribution in [0.2, 0.25) is 10.0 Å². The highest BCUT2D eigenvalue weighted by molar-refractivity contribution is 6.31. The molecule has 0 fully saturated rings. The minimum Gasteiger partial charge on any atom is -0.398 e. The molecule has 0 amide bonds. The molecule has 0 aromatic heterocycles. The van der Waals surface area contributed by atoms with Gasteiger partial charge < -0.3 is 5.73 Å². The second kappa shape index (κ2) is 11.6. The molecule has 2 aromatic rings. The summed E-state index contributed by atoms with van der Waals surface area (Å²) in [5, 5.41) is 1.48. The van der Waals surface area contributed by atoms with Crippen molar-refractivity contribution in [2.45, 2.75) is 79.1 Å². The summed E-state index contributed by atoms with van der Waals surface area (Å²) in [7, 11) is 0. The number of nitrogens with two attached hydrogens (primary N) is 1. The highest BCUT2D eigenvalue weighted by Gasteiger charge is 2.15. The number of nitrogens with zero attached hydrogens (tertiary/aromatic N) is 1. The molecular formula is C25H34Cl2N2O. The van der Waals surface area contributed by atoms with E-state index in [4.69, 9.17) is 28.9 Å². The van der Waals surface area contributed by atoms with E-state index >= 15 is 0 Å². The molecule has 0 unspecified atom stereocenters. The fourth-order valence-electron chi connectivity index (χ4n) is 3.31. The van der Waals surface area contributed by atoms with Crippen LogP contribution in [0.3, 0.4) is 0 Å². The van der Waals surface area contributed by atoms with Gasteiger partial charge in [0, 0.05) is 15.7 Å². The van der Waals surface area contributed by atoms with Gasteiger partial charge in [-0.2, -0.15) is 4.99 Å². The molecule has 0 atom stereocenters. The van der Waals surface area contributed by atoms with Crippen molar-refractivity contribution in [3.8, 4) is 0 Å². The van der Waals surface area contributed by atoms with Crippen molar-refractivity contribution in [1.29, 1.82) is 0 Å². The van der Waals surface area contributed by atoms with E-state index in [9.17, 15) is 4.79 Å². The lowest BCUT2D eigenvalue weighted by Crippen LogP contribution is -2.02. The minimum atomic E-state index is 0.281. The number of hydrogen-bond acceptors (Lipinski definition) is 3. The lowest BCUT2D eigenvalue weighted by Gasteiger charge is -2.16. The molecule has 0 aliphatic heterocycles. The molecule has 2 aromatic carbocycles. The van der Waals surface area contributed by atoms with Crippen LogP contribution in [-0.4, -0.2) is 6.08 Å². The maximum atomic E-state index is 10.5. The van der Waals surface area contributed by atoms with Gasteiger partial charge >= 0.3 is 0 Å². The average Bonchev–Trinajstić information content (AvgIpc) is 2.64. The van der Waals surface area contributed by atoms with Gasteiger partial charge in [-0.1, -0.05) is 78.6 Å². The van der Waals surface area contributed by atoms with Crippen LogP contribution in [0.5, 0.6) is 0 Å². The van der Waals surface area contributed by atoms with Crippen LogP contribution in [-0.2, 0) is 4.79 Å². The first-order valence-corrected chi connectivity index (χ1v) is 11.2. The van der Waals surface area contributed by atoms with Gasteiger partial charge in [0.2, 0.25) is 6.08 Å². The number of halogens is 2. The lowest BCUT2D eigenvalue weighted by molar-refractivity contribution is 0.565. The molecule has 0 spiro atoms. The molecule has 0 aliphatic carbocycles. The van der Waals surface area contributed by atoms with Gasteiger partial charge in [0.05, 0.1) is 5.69 Å². The van der Waals surface area contributed by atoms with E-state index in [1.54, 1.807) is 6.08 Å².